The topological polar surface area (TPSA) is 48.4 Å². The fraction of sp³-hybridized carbons (Fsp3) is 0.375. The molecule has 0 spiro atoms. The number of aromatic nitrogens is 1. The Hall–Kier alpha value is -1.94. The minimum Gasteiger partial charge on any atom is -0.459 e. The number of esters is 1. The number of nitrogens with zero attached hydrogens (tertiary/aromatic N) is 1. The zero-order valence-electron chi connectivity index (χ0n) is 11.4. The standard InChI is InChI=1S/C16H17NO3/c1-11-7-8-12(20-11)10-19-16(18)14-4-2-6-15-13(14)5-3-9-17-15/h2-6,9,11-12H,7-8,10H2,1H3. The van der Waals surface area contributed by atoms with Crippen LogP contribution in [0.25, 0.3) is 10.9 Å². The van der Waals surface area contributed by atoms with E-state index in [1.165, 1.54) is 0 Å². The molecule has 2 aromatic rings. The maximum absolute atomic E-state index is 12.2. The molecule has 0 N–H and O–H groups in total. The van der Waals surface area contributed by atoms with Gasteiger partial charge >= 0.3 is 5.97 Å². The van der Waals surface area contributed by atoms with Gasteiger partial charge in [-0.05, 0) is 38.0 Å². The van der Waals surface area contributed by atoms with E-state index in [1.54, 1.807) is 12.3 Å². The summed E-state index contributed by atoms with van der Waals surface area (Å²) in [7, 11) is 0. The van der Waals surface area contributed by atoms with E-state index in [9.17, 15) is 4.79 Å². The van der Waals surface area contributed by atoms with Crippen LogP contribution >= 0.6 is 0 Å². The Balaban J connectivity index is 1.72. The summed E-state index contributed by atoms with van der Waals surface area (Å²) in [6.45, 7) is 2.36. The van der Waals surface area contributed by atoms with Gasteiger partial charge in [0.1, 0.15) is 6.61 Å². The Morgan fingerprint density at radius 2 is 2.25 bits per heavy atom. The number of hydrogen-bond donors (Lipinski definition) is 0. The summed E-state index contributed by atoms with van der Waals surface area (Å²) in [6.07, 6.45) is 3.99. The van der Waals surface area contributed by atoms with Crippen LogP contribution in [0.1, 0.15) is 30.1 Å². The van der Waals surface area contributed by atoms with Gasteiger partial charge in [-0.1, -0.05) is 12.1 Å². The highest BCUT2D eigenvalue weighted by molar-refractivity contribution is 6.03. The van der Waals surface area contributed by atoms with Crippen LogP contribution in [0.3, 0.4) is 0 Å². The van der Waals surface area contributed by atoms with Crippen molar-refractivity contribution in [1.29, 1.82) is 0 Å². The van der Waals surface area contributed by atoms with Gasteiger partial charge in [0.2, 0.25) is 0 Å². The number of rotatable bonds is 3. The van der Waals surface area contributed by atoms with Gasteiger partial charge in [-0.3, -0.25) is 4.98 Å². The molecule has 1 aliphatic rings. The Morgan fingerprint density at radius 1 is 1.35 bits per heavy atom. The lowest BCUT2D eigenvalue weighted by atomic mass is 10.1. The monoisotopic (exact) mass is 271 g/mol. The van der Waals surface area contributed by atoms with Gasteiger partial charge in [-0.15, -0.1) is 0 Å². The molecule has 0 amide bonds. The minimum atomic E-state index is -0.313. The molecule has 1 fully saturated rings. The third-order valence-corrected chi connectivity index (χ3v) is 3.59. The predicted octanol–water partition coefficient (Wildman–Crippen LogP) is 2.96. The van der Waals surface area contributed by atoms with Gasteiger partial charge in [-0.25, -0.2) is 4.79 Å². The Morgan fingerprint density at radius 3 is 3.05 bits per heavy atom. The van der Waals surface area contributed by atoms with Crippen LogP contribution in [0.5, 0.6) is 0 Å². The largest absolute Gasteiger partial charge is 0.459 e. The summed E-state index contributed by atoms with van der Waals surface area (Å²) in [5.74, 6) is -0.313. The lowest BCUT2D eigenvalue weighted by Gasteiger charge is -2.12. The van der Waals surface area contributed by atoms with Crippen LogP contribution in [-0.2, 0) is 9.47 Å². The first-order chi connectivity index (χ1) is 9.74. The van der Waals surface area contributed by atoms with E-state index >= 15 is 0 Å². The summed E-state index contributed by atoms with van der Waals surface area (Å²) < 4.78 is 11.0. The van der Waals surface area contributed by atoms with Crippen LogP contribution in [0.15, 0.2) is 36.5 Å². The first-order valence-electron chi connectivity index (χ1n) is 6.90. The average molecular weight is 271 g/mol. The highest BCUT2D eigenvalue weighted by atomic mass is 16.6. The minimum absolute atomic E-state index is 0.0297. The summed E-state index contributed by atoms with van der Waals surface area (Å²) in [5.41, 5.74) is 1.36. The number of carbonyl (C=O) groups is 1. The van der Waals surface area contributed by atoms with Gasteiger partial charge in [0.25, 0.3) is 0 Å². The van der Waals surface area contributed by atoms with E-state index < -0.39 is 0 Å². The summed E-state index contributed by atoms with van der Waals surface area (Å²) >= 11 is 0. The molecule has 0 bridgehead atoms. The summed E-state index contributed by atoms with van der Waals surface area (Å²) in [5, 5.41) is 0.820. The highest BCUT2D eigenvalue weighted by Gasteiger charge is 2.23. The second-order valence-corrected chi connectivity index (χ2v) is 5.12. The molecule has 0 aliphatic carbocycles. The van der Waals surface area contributed by atoms with E-state index in [4.69, 9.17) is 9.47 Å². The van der Waals surface area contributed by atoms with Crippen molar-refractivity contribution >= 4 is 16.9 Å². The van der Waals surface area contributed by atoms with E-state index in [-0.39, 0.29) is 18.2 Å². The molecule has 3 rings (SSSR count). The molecule has 104 valence electrons. The van der Waals surface area contributed by atoms with Crippen molar-refractivity contribution in [3.63, 3.8) is 0 Å². The van der Waals surface area contributed by atoms with E-state index in [1.807, 2.05) is 31.2 Å². The molecule has 2 unspecified atom stereocenters. The fourth-order valence-electron chi connectivity index (χ4n) is 2.54. The zero-order valence-corrected chi connectivity index (χ0v) is 11.4. The Bertz CT molecular complexity index is 621. The quantitative estimate of drug-likeness (QED) is 0.805. The summed E-state index contributed by atoms with van der Waals surface area (Å²) in [6, 6.07) is 9.17. The number of benzene rings is 1. The average Bonchev–Trinajstić information content (AvgIpc) is 2.90. The van der Waals surface area contributed by atoms with Crippen LogP contribution in [0, 0.1) is 0 Å². The van der Waals surface area contributed by atoms with Crippen molar-refractivity contribution in [1.82, 2.24) is 4.98 Å². The molecule has 4 nitrogen and oxygen atoms in total. The van der Waals surface area contributed by atoms with Crippen molar-refractivity contribution in [3.8, 4) is 0 Å². The van der Waals surface area contributed by atoms with Crippen molar-refractivity contribution in [2.75, 3.05) is 6.61 Å². The van der Waals surface area contributed by atoms with Crippen LogP contribution < -0.4 is 0 Å². The number of ether oxygens (including phenoxy) is 2. The molecule has 0 radical (unpaired) electrons. The van der Waals surface area contributed by atoms with Crippen LogP contribution in [0.2, 0.25) is 0 Å². The zero-order chi connectivity index (χ0) is 13.9. The fourth-order valence-corrected chi connectivity index (χ4v) is 2.54. The van der Waals surface area contributed by atoms with Crippen molar-refractivity contribution in [2.45, 2.75) is 32.0 Å². The number of hydrogen-bond acceptors (Lipinski definition) is 4. The molecular formula is C16H17NO3. The van der Waals surface area contributed by atoms with Gasteiger partial charge < -0.3 is 9.47 Å². The molecule has 0 saturated carbocycles. The number of pyridine rings is 1. The van der Waals surface area contributed by atoms with Gasteiger partial charge in [-0.2, -0.15) is 0 Å². The highest BCUT2D eigenvalue weighted by Crippen LogP contribution is 2.21. The Labute approximate surface area is 117 Å². The summed E-state index contributed by atoms with van der Waals surface area (Å²) in [4.78, 5) is 16.4. The second kappa shape index (κ2) is 5.59. The lowest BCUT2D eigenvalue weighted by molar-refractivity contribution is -0.00254. The molecule has 1 aromatic carbocycles. The Kier molecular flexibility index (Phi) is 3.65. The lowest BCUT2D eigenvalue weighted by Crippen LogP contribution is -2.19. The molecular weight excluding hydrogens is 254 g/mol. The van der Waals surface area contributed by atoms with Crippen LogP contribution in [-0.4, -0.2) is 29.8 Å². The van der Waals surface area contributed by atoms with Crippen molar-refractivity contribution < 1.29 is 14.3 Å². The molecule has 20 heavy (non-hydrogen) atoms. The van der Waals surface area contributed by atoms with E-state index in [0.717, 1.165) is 23.7 Å². The third kappa shape index (κ3) is 2.65. The van der Waals surface area contributed by atoms with Gasteiger partial charge in [0.05, 0.1) is 23.3 Å². The number of carbonyl (C=O) groups excluding carboxylic acids is 1. The smallest absolute Gasteiger partial charge is 0.338 e. The second-order valence-electron chi connectivity index (χ2n) is 5.12. The predicted molar refractivity (Wildman–Crippen MR) is 75.6 cm³/mol. The number of fused-ring (bicyclic) bond motifs is 1. The van der Waals surface area contributed by atoms with Gasteiger partial charge in [0, 0.05) is 11.6 Å². The normalized spacial score (nSPS) is 22.1. The first kappa shape index (κ1) is 13.1. The first-order valence-corrected chi connectivity index (χ1v) is 6.90. The molecule has 1 saturated heterocycles. The molecule has 2 heterocycles. The molecule has 1 aromatic heterocycles. The van der Waals surface area contributed by atoms with E-state index in [2.05, 4.69) is 4.98 Å². The SMILES string of the molecule is CC1CCC(COC(=O)c2cccc3ncccc23)O1. The van der Waals surface area contributed by atoms with Crippen molar-refractivity contribution in [3.05, 3.63) is 42.1 Å². The molecule has 4 heteroatoms. The van der Waals surface area contributed by atoms with Gasteiger partial charge in [0.15, 0.2) is 0 Å². The maximum atomic E-state index is 12.2. The van der Waals surface area contributed by atoms with Crippen molar-refractivity contribution in [2.24, 2.45) is 0 Å². The van der Waals surface area contributed by atoms with E-state index in [0.29, 0.717) is 12.2 Å². The molecule has 2 atom stereocenters. The van der Waals surface area contributed by atoms with Crippen LogP contribution in [0.4, 0.5) is 0 Å². The molecule has 1 aliphatic heterocycles. The third-order valence-electron chi connectivity index (χ3n) is 3.59. The maximum Gasteiger partial charge on any atom is 0.338 e.